The number of carbonyl (C=O) groups excluding carboxylic acids is 1. The van der Waals surface area contributed by atoms with Crippen molar-refractivity contribution >= 4 is 29.0 Å². The summed E-state index contributed by atoms with van der Waals surface area (Å²) in [5.41, 5.74) is 1.86. The Morgan fingerprint density at radius 2 is 1.81 bits per heavy atom. The number of carboxylic acid groups (broad SMARTS) is 1. The molecule has 194 valence electrons. The first kappa shape index (κ1) is 27.2. The zero-order valence-electron chi connectivity index (χ0n) is 19.8. The summed E-state index contributed by atoms with van der Waals surface area (Å²) in [5, 5.41) is 17.1. The number of hydrogen-bond acceptors (Lipinski definition) is 9. The molecule has 3 aromatic rings. The van der Waals surface area contributed by atoms with Crippen LogP contribution in [0.3, 0.4) is 0 Å². The molecular weight excluding hydrogens is 501 g/mol. The van der Waals surface area contributed by atoms with Crippen molar-refractivity contribution in [2.24, 2.45) is 0 Å². The van der Waals surface area contributed by atoms with E-state index in [1.165, 1.54) is 11.3 Å². The van der Waals surface area contributed by atoms with E-state index in [0.717, 1.165) is 37.6 Å². The molecule has 4 rings (SSSR count). The highest BCUT2D eigenvalue weighted by Gasteiger charge is 2.38. The van der Waals surface area contributed by atoms with Crippen molar-refractivity contribution in [3.63, 3.8) is 0 Å². The molecule has 0 radical (unpaired) electrons. The molecule has 0 aliphatic carbocycles. The first-order valence-electron chi connectivity index (χ1n) is 10.8. The Bertz CT molecular complexity index is 1190. The van der Waals surface area contributed by atoms with E-state index in [0.29, 0.717) is 29.0 Å². The number of anilines is 1. The van der Waals surface area contributed by atoms with Crippen molar-refractivity contribution in [2.75, 3.05) is 45.1 Å². The monoisotopic (exact) mass is 526 g/mol. The molecular formula is C21H25F3N8O3S. The number of hydrogen-bond donors (Lipinski definition) is 2. The van der Waals surface area contributed by atoms with E-state index in [9.17, 15) is 18.0 Å². The molecule has 3 aromatic heterocycles. The number of amides is 1. The van der Waals surface area contributed by atoms with Gasteiger partial charge < -0.3 is 15.3 Å². The number of likely N-dealkylation sites (N-methyl/N-ethyl adjacent to an activating group) is 1. The predicted octanol–water partition coefficient (Wildman–Crippen LogP) is 2.22. The highest BCUT2D eigenvalue weighted by molar-refractivity contribution is 7.13. The van der Waals surface area contributed by atoms with Crippen LogP contribution >= 0.6 is 11.3 Å². The average molecular weight is 527 g/mol. The Hall–Kier alpha value is -3.43. The molecule has 4 heterocycles. The molecule has 2 N–H and O–H groups in total. The fourth-order valence-corrected chi connectivity index (χ4v) is 3.86. The maximum Gasteiger partial charge on any atom is 0.490 e. The van der Waals surface area contributed by atoms with Gasteiger partial charge in [0.05, 0.1) is 12.2 Å². The topological polar surface area (TPSA) is 129 Å². The van der Waals surface area contributed by atoms with Crippen LogP contribution < -0.4 is 5.32 Å². The van der Waals surface area contributed by atoms with Gasteiger partial charge in [0, 0.05) is 49.5 Å². The quantitative estimate of drug-likeness (QED) is 0.514. The highest BCUT2D eigenvalue weighted by atomic mass is 32.1. The molecule has 1 aliphatic heterocycles. The van der Waals surface area contributed by atoms with E-state index in [1.54, 1.807) is 16.9 Å². The molecule has 36 heavy (non-hydrogen) atoms. The Labute approximate surface area is 208 Å². The van der Waals surface area contributed by atoms with Gasteiger partial charge in [0.15, 0.2) is 16.6 Å². The number of alkyl halides is 3. The number of aryl methyl sites for hydroxylation is 2. The summed E-state index contributed by atoms with van der Waals surface area (Å²) in [6.45, 7) is 7.96. The Balaban J connectivity index is 0.000000454. The van der Waals surface area contributed by atoms with Gasteiger partial charge in [0.1, 0.15) is 5.82 Å². The van der Waals surface area contributed by atoms with Crippen LogP contribution in [0.5, 0.6) is 0 Å². The molecule has 1 aliphatic rings. The number of aromatic nitrogens is 5. The van der Waals surface area contributed by atoms with Gasteiger partial charge in [-0.05, 0) is 27.0 Å². The van der Waals surface area contributed by atoms with E-state index in [1.807, 2.05) is 25.3 Å². The smallest absolute Gasteiger partial charge is 0.475 e. The minimum Gasteiger partial charge on any atom is -0.475 e. The fraction of sp³-hybridized carbons (Fsp3) is 0.429. The summed E-state index contributed by atoms with van der Waals surface area (Å²) in [6.07, 6.45) is -3.37. The first-order chi connectivity index (χ1) is 16.9. The number of nitrogens with zero attached hydrogens (tertiary/aromatic N) is 7. The summed E-state index contributed by atoms with van der Waals surface area (Å²) >= 11 is 1.45. The number of halogens is 3. The van der Waals surface area contributed by atoms with Crippen LogP contribution in [-0.2, 0) is 9.59 Å². The summed E-state index contributed by atoms with van der Waals surface area (Å²) in [6, 6.07) is 3.73. The molecule has 1 amide bonds. The van der Waals surface area contributed by atoms with Gasteiger partial charge in [-0.2, -0.15) is 18.3 Å². The van der Waals surface area contributed by atoms with Crippen LogP contribution in [0.2, 0.25) is 0 Å². The summed E-state index contributed by atoms with van der Waals surface area (Å²) < 4.78 is 33.5. The normalized spacial score (nSPS) is 14.7. The van der Waals surface area contributed by atoms with Gasteiger partial charge in [0.2, 0.25) is 5.91 Å². The second-order valence-electron chi connectivity index (χ2n) is 8.04. The largest absolute Gasteiger partial charge is 0.490 e. The molecule has 0 bridgehead atoms. The van der Waals surface area contributed by atoms with Gasteiger partial charge in [-0.25, -0.2) is 24.4 Å². The molecule has 1 fully saturated rings. The van der Waals surface area contributed by atoms with Gasteiger partial charge in [0.25, 0.3) is 0 Å². The Morgan fingerprint density at radius 1 is 1.14 bits per heavy atom. The van der Waals surface area contributed by atoms with Crippen molar-refractivity contribution in [1.82, 2.24) is 34.5 Å². The average Bonchev–Trinajstić information content (AvgIpc) is 3.44. The number of piperazine rings is 1. The van der Waals surface area contributed by atoms with Crippen LogP contribution in [0.4, 0.5) is 19.0 Å². The summed E-state index contributed by atoms with van der Waals surface area (Å²) in [5.74, 6) is -1.32. The number of aliphatic carboxylic acids is 1. The Kier molecular flexibility index (Phi) is 8.70. The SMILES string of the molecule is Cc1cc(C)n(-c2cc(NC(=O)CN3CCN(C)CC3)nc(-c3nccs3)n2)n1.O=C(O)C(F)(F)F. The number of nitrogens with one attached hydrogen (secondary N) is 1. The minimum absolute atomic E-state index is 0.0855. The second kappa shape index (κ2) is 11.5. The predicted molar refractivity (Wildman–Crippen MR) is 126 cm³/mol. The van der Waals surface area contributed by atoms with Crippen LogP contribution in [0, 0.1) is 13.8 Å². The lowest BCUT2D eigenvalue weighted by atomic mass is 10.3. The fourth-order valence-electron chi connectivity index (χ4n) is 3.29. The van der Waals surface area contributed by atoms with Gasteiger partial charge in [-0.15, -0.1) is 11.3 Å². The van der Waals surface area contributed by atoms with Gasteiger partial charge >= 0.3 is 12.1 Å². The first-order valence-corrected chi connectivity index (χ1v) is 11.6. The molecule has 15 heteroatoms. The third-order valence-corrected chi connectivity index (χ3v) is 5.80. The molecule has 0 saturated carbocycles. The highest BCUT2D eigenvalue weighted by Crippen LogP contribution is 2.22. The van der Waals surface area contributed by atoms with Crippen LogP contribution in [-0.4, -0.2) is 97.5 Å². The van der Waals surface area contributed by atoms with Crippen LogP contribution in [0.25, 0.3) is 16.6 Å². The maximum absolute atomic E-state index is 12.6. The summed E-state index contributed by atoms with van der Waals surface area (Å²) in [4.78, 5) is 39.4. The molecule has 1 saturated heterocycles. The molecule has 0 unspecified atom stereocenters. The molecule has 0 atom stereocenters. The minimum atomic E-state index is -5.08. The van der Waals surface area contributed by atoms with E-state index < -0.39 is 12.1 Å². The third-order valence-electron chi connectivity index (χ3n) is 5.04. The second-order valence-corrected chi connectivity index (χ2v) is 8.94. The van der Waals surface area contributed by atoms with E-state index >= 15 is 0 Å². The lowest BCUT2D eigenvalue weighted by Gasteiger charge is -2.31. The number of carboxylic acids is 1. The molecule has 0 aromatic carbocycles. The third kappa shape index (κ3) is 7.53. The Morgan fingerprint density at radius 3 is 2.33 bits per heavy atom. The van der Waals surface area contributed by atoms with Crippen molar-refractivity contribution in [2.45, 2.75) is 20.0 Å². The summed E-state index contributed by atoms with van der Waals surface area (Å²) in [7, 11) is 2.10. The van der Waals surface area contributed by atoms with Gasteiger partial charge in [-0.1, -0.05) is 0 Å². The standard InChI is InChI=1S/C19H24N8OS.C2HF3O2/c1-13-10-14(2)27(24-13)16-11-15(22-18(23-16)19-20-4-9-29-19)21-17(28)12-26-7-5-25(3)6-8-26;3-2(4,5)1(6)7/h4,9-11H,5-8,12H2,1-3H3,(H,21,22,23,28);(H,6,7). The van der Waals surface area contributed by atoms with E-state index in [4.69, 9.17) is 9.90 Å². The molecule has 11 nitrogen and oxygen atoms in total. The number of thiazole rings is 1. The van der Waals surface area contributed by atoms with Crippen molar-refractivity contribution in [3.05, 3.63) is 35.1 Å². The maximum atomic E-state index is 12.6. The van der Waals surface area contributed by atoms with Crippen molar-refractivity contribution < 1.29 is 27.9 Å². The lowest BCUT2D eigenvalue weighted by molar-refractivity contribution is -0.192. The van der Waals surface area contributed by atoms with Crippen LogP contribution in [0.1, 0.15) is 11.4 Å². The number of rotatable bonds is 5. The van der Waals surface area contributed by atoms with E-state index in [2.05, 4.69) is 42.2 Å². The molecule has 0 spiro atoms. The zero-order chi connectivity index (χ0) is 26.5. The van der Waals surface area contributed by atoms with E-state index in [-0.39, 0.29) is 5.91 Å². The number of carbonyl (C=O) groups is 2. The zero-order valence-corrected chi connectivity index (χ0v) is 20.6. The van der Waals surface area contributed by atoms with Crippen molar-refractivity contribution in [3.8, 4) is 16.6 Å². The van der Waals surface area contributed by atoms with Crippen LogP contribution in [0.15, 0.2) is 23.7 Å². The van der Waals surface area contributed by atoms with Gasteiger partial charge in [-0.3, -0.25) is 9.69 Å². The van der Waals surface area contributed by atoms with Crippen molar-refractivity contribution in [1.29, 1.82) is 0 Å². The lowest BCUT2D eigenvalue weighted by Crippen LogP contribution is -2.47.